The van der Waals surface area contributed by atoms with Crippen molar-refractivity contribution in [2.75, 3.05) is 37.0 Å². The Morgan fingerprint density at radius 2 is 1.95 bits per heavy atom. The number of hydrogen-bond donors (Lipinski definition) is 1. The fourth-order valence-corrected chi connectivity index (χ4v) is 5.71. The summed E-state index contributed by atoms with van der Waals surface area (Å²) in [5, 5.41) is 1.51. The Morgan fingerprint density at radius 1 is 1.19 bits per heavy atom. The number of benzene rings is 3. The van der Waals surface area contributed by atoms with Gasteiger partial charge in [0.2, 0.25) is 0 Å². The molecule has 3 aromatic carbocycles. The van der Waals surface area contributed by atoms with Gasteiger partial charge in [-0.3, -0.25) is 9.52 Å². The first-order valence-electron chi connectivity index (χ1n) is 11.9. The van der Waals surface area contributed by atoms with Crippen LogP contribution in [0, 0.1) is 12.3 Å². The number of nitrogens with zero attached hydrogens (tertiary/aromatic N) is 1. The fraction of sp³-hybridized carbons (Fsp3) is 0.321. The minimum absolute atomic E-state index is 0.130. The van der Waals surface area contributed by atoms with Crippen molar-refractivity contribution in [2.45, 2.75) is 36.8 Å². The van der Waals surface area contributed by atoms with Gasteiger partial charge in [-0.15, -0.1) is 6.42 Å². The summed E-state index contributed by atoms with van der Waals surface area (Å²) in [7, 11) is -0.924. The SMILES string of the molecule is C#CCN(c1ccc(NS(=O)(=O)c2ccc3c(c2)CC(COC)O3)c2ccccc12)[C@@H](C)CC(=O)OC. The van der Waals surface area contributed by atoms with Crippen molar-refractivity contribution in [3.05, 3.63) is 60.2 Å². The summed E-state index contributed by atoms with van der Waals surface area (Å²) in [5.41, 5.74) is 2.07. The van der Waals surface area contributed by atoms with Crippen LogP contribution in [0.1, 0.15) is 18.9 Å². The standard InChI is InChI=1S/C28H30N2O6S/c1-5-14-30(19(2)15-28(31)35-4)26-12-11-25(23-8-6-7-9-24(23)26)29-37(32,33)22-10-13-27-20(17-22)16-21(36-27)18-34-3/h1,6-13,17,19,21,29H,14-16,18H2,2-4H3/t19-,21?/m0/s1. The summed E-state index contributed by atoms with van der Waals surface area (Å²) in [6, 6.07) is 15.6. The number of terminal acetylenes is 1. The van der Waals surface area contributed by atoms with E-state index in [0.29, 0.717) is 29.9 Å². The van der Waals surface area contributed by atoms with E-state index < -0.39 is 10.0 Å². The van der Waals surface area contributed by atoms with Crippen LogP contribution in [0.25, 0.3) is 10.8 Å². The zero-order valence-electron chi connectivity index (χ0n) is 21.1. The van der Waals surface area contributed by atoms with Crippen LogP contribution in [0.15, 0.2) is 59.5 Å². The van der Waals surface area contributed by atoms with Crippen LogP contribution in [0.2, 0.25) is 0 Å². The molecular weight excluding hydrogens is 492 g/mol. The molecule has 1 N–H and O–H groups in total. The highest BCUT2D eigenvalue weighted by molar-refractivity contribution is 7.92. The molecule has 8 nitrogen and oxygen atoms in total. The number of carbonyl (C=O) groups excluding carboxylic acids is 1. The van der Waals surface area contributed by atoms with Crippen molar-refractivity contribution in [3.8, 4) is 18.1 Å². The van der Waals surface area contributed by atoms with Crippen molar-refractivity contribution in [3.63, 3.8) is 0 Å². The van der Waals surface area contributed by atoms with Crippen molar-refractivity contribution in [2.24, 2.45) is 0 Å². The molecule has 0 radical (unpaired) electrons. The Hall–Kier alpha value is -3.74. The second kappa shape index (κ2) is 11.1. The van der Waals surface area contributed by atoms with Gasteiger partial charge in [-0.25, -0.2) is 8.42 Å². The molecule has 1 aliphatic rings. The van der Waals surface area contributed by atoms with E-state index in [2.05, 4.69) is 10.6 Å². The van der Waals surface area contributed by atoms with Crippen molar-refractivity contribution >= 4 is 38.1 Å². The molecule has 0 fully saturated rings. The average Bonchev–Trinajstić information content (AvgIpc) is 3.29. The lowest BCUT2D eigenvalue weighted by atomic mass is 10.0. The minimum atomic E-state index is -3.88. The summed E-state index contributed by atoms with van der Waals surface area (Å²) >= 11 is 0. The highest BCUT2D eigenvalue weighted by atomic mass is 32.2. The first kappa shape index (κ1) is 26.3. The lowest BCUT2D eigenvalue weighted by Gasteiger charge is -2.30. The van der Waals surface area contributed by atoms with Crippen LogP contribution >= 0.6 is 0 Å². The smallest absolute Gasteiger partial charge is 0.307 e. The van der Waals surface area contributed by atoms with Gasteiger partial charge in [0.15, 0.2) is 0 Å². The van der Waals surface area contributed by atoms with E-state index >= 15 is 0 Å². The lowest BCUT2D eigenvalue weighted by molar-refractivity contribution is -0.140. The molecule has 1 unspecified atom stereocenters. The summed E-state index contributed by atoms with van der Waals surface area (Å²) < 4.78 is 45.3. The van der Waals surface area contributed by atoms with Gasteiger partial charge < -0.3 is 19.1 Å². The second-order valence-electron chi connectivity index (χ2n) is 8.91. The maximum Gasteiger partial charge on any atom is 0.307 e. The first-order valence-corrected chi connectivity index (χ1v) is 13.4. The highest BCUT2D eigenvalue weighted by Gasteiger charge is 2.26. The van der Waals surface area contributed by atoms with Gasteiger partial charge in [-0.1, -0.05) is 30.2 Å². The Kier molecular flexibility index (Phi) is 7.91. The number of hydrogen-bond acceptors (Lipinski definition) is 7. The van der Waals surface area contributed by atoms with E-state index in [-0.39, 0.29) is 36.0 Å². The van der Waals surface area contributed by atoms with Crippen LogP contribution in [0.5, 0.6) is 5.75 Å². The van der Waals surface area contributed by atoms with Crippen molar-refractivity contribution in [1.82, 2.24) is 0 Å². The number of methoxy groups -OCH3 is 2. The van der Waals surface area contributed by atoms with Gasteiger partial charge in [0.05, 0.1) is 37.3 Å². The molecular formula is C28H30N2O6S. The Bertz CT molecular complexity index is 1450. The number of esters is 1. The molecule has 0 saturated carbocycles. The number of carbonyl (C=O) groups is 1. The molecule has 0 aromatic heterocycles. The van der Waals surface area contributed by atoms with Gasteiger partial charge in [0.1, 0.15) is 11.9 Å². The van der Waals surface area contributed by atoms with Gasteiger partial charge in [-0.05, 0) is 42.8 Å². The van der Waals surface area contributed by atoms with Gasteiger partial charge in [0, 0.05) is 36.0 Å². The fourth-order valence-electron chi connectivity index (χ4n) is 4.58. The van der Waals surface area contributed by atoms with E-state index in [0.717, 1.165) is 16.6 Å². The van der Waals surface area contributed by atoms with E-state index in [1.165, 1.54) is 13.2 Å². The second-order valence-corrected chi connectivity index (χ2v) is 10.6. The van der Waals surface area contributed by atoms with E-state index in [4.69, 9.17) is 20.6 Å². The van der Waals surface area contributed by atoms with E-state index in [1.54, 1.807) is 25.3 Å². The molecule has 4 rings (SSSR count). The molecule has 9 heteroatoms. The van der Waals surface area contributed by atoms with Gasteiger partial charge >= 0.3 is 5.97 Å². The summed E-state index contributed by atoms with van der Waals surface area (Å²) in [6.45, 7) is 2.60. The Morgan fingerprint density at radius 3 is 2.65 bits per heavy atom. The summed E-state index contributed by atoms with van der Waals surface area (Å²) in [5.74, 6) is 2.99. The third-order valence-corrected chi connectivity index (χ3v) is 7.74. The Labute approximate surface area is 217 Å². The molecule has 3 aromatic rings. The van der Waals surface area contributed by atoms with Gasteiger partial charge in [0.25, 0.3) is 10.0 Å². The maximum atomic E-state index is 13.4. The molecule has 2 atom stereocenters. The van der Waals surface area contributed by atoms with E-state index in [9.17, 15) is 13.2 Å². The largest absolute Gasteiger partial charge is 0.487 e. The van der Waals surface area contributed by atoms with Crippen LogP contribution in [-0.2, 0) is 30.7 Å². The molecule has 0 bridgehead atoms. The number of anilines is 2. The highest BCUT2D eigenvalue weighted by Crippen LogP contribution is 2.36. The number of rotatable bonds is 10. The molecule has 0 spiro atoms. The van der Waals surface area contributed by atoms with Crippen molar-refractivity contribution in [1.29, 1.82) is 0 Å². The van der Waals surface area contributed by atoms with Gasteiger partial charge in [-0.2, -0.15) is 0 Å². The molecule has 37 heavy (non-hydrogen) atoms. The van der Waals surface area contributed by atoms with E-state index in [1.807, 2.05) is 42.2 Å². The normalized spacial score (nSPS) is 15.4. The number of fused-ring (bicyclic) bond motifs is 2. The quantitative estimate of drug-likeness (QED) is 0.318. The molecule has 1 heterocycles. The van der Waals surface area contributed by atoms with Crippen LogP contribution in [0.3, 0.4) is 0 Å². The third-order valence-electron chi connectivity index (χ3n) is 6.37. The predicted molar refractivity (Wildman–Crippen MR) is 143 cm³/mol. The molecule has 0 amide bonds. The average molecular weight is 523 g/mol. The van der Waals surface area contributed by atoms with Crippen LogP contribution < -0.4 is 14.4 Å². The number of ether oxygens (including phenoxy) is 3. The van der Waals surface area contributed by atoms with Crippen LogP contribution in [-0.4, -0.2) is 53.9 Å². The maximum absolute atomic E-state index is 13.4. The topological polar surface area (TPSA) is 94.2 Å². The third kappa shape index (κ3) is 5.66. The lowest BCUT2D eigenvalue weighted by Crippen LogP contribution is -2.35. The van der Waals surface area contributed by atoms with Crippen molar-refractivity contribution < 1.29 is 27.4 Å². The molecule has 194 valence electrons. The van der Waals surface area contributed by atoms with Crippen LogP contribution in [0.4, 0.5) is 11.4 Å². The number of sulfonamides is 1. The zero-order valence-corrected chi connectivity index (χ0v) is 21.9. The minimum Gasteiger partial charge on any atom is -0.487 e. The molecule has 0 saturated heterocycles. The number of nitrogens with one attached hydrogen (secondary N) is 1. The Balaban J connectivity index is 1.67. The summed E-state index contributed by atoms with van der Waals surface area (Å²) in [6.07, 6.45) is 6.25. The first-order chi connectivity index (χ1) is 17.8. The molecule has 1 aliphatic heterocycles. The summed E-state index contributed by atoms with van der Waals surface area (Å²) in [4.78, 5) is 14.0. The predicted octanol–water partition coefficient (Wildman–Crippen LogP) is 3.98. The zero-order chi connectivity index (χ0) is 26.6. The monoisotopic (exact) mass is 522 g/mol. The molecule has 0 aliphatic carbocycles.